The highest BCUT2D eigenvalue weighted by molar-refractivity contribution is 4.85. The Kier molecular flexibility index (Phi) is 2.43. The summed E-state index contributed by atoms with van der Waals surface area (Å²) >= 11 is 0. The lowest BCUT2D eigenvalue weighted by Gasteiger charge is -2.06. The van der Waals surface area contributed by atoms with Gasteiger partial charge < -0.3 is 0 Å². The summed E-state index contributed by atoms with van der Waals surface area (Å²) in [5.74, 6) is 0. The largest absolute Gasteiger partial charge is 0.244 e. The first kappa shape index (κ1) is 6.97. The van der Waals surface area contributed by atoms with Crippen LogP contribution in [0.5, 0.6) is 0 Å². The smallest absolute Gasteiger partial charge is 0.134 e. The van der Waals surface area contributed by atoms with Crippen LogP contribution in [-0.2, 0) is 0 Å². The highest BCUT2D eigenvalue weighted by Crippen LogP contribution is 2.21. The fourth-order valence-electron chi connectivity index (χ4n) is 1.07. The van der Waals surface area contributed by atoms with Crippen molar-refractivity contribution in [3.63, 3.8) is 0 Å². The Morgan fingerprint density at radius 2 is 2.00 bits per heavy atom. The van der Waals surface area contributed by atoms with Crippen molar-refractivity contribution >= 4 is 0 Å². The van der Waals surface area contributed by atoms with E-state index in [1.54, 1.807) is 0 Å². The molecule has 9 heavy (non-hydrogen) atoms. The van der Waals surface area contributed by atoms with Gasteiger partial charge in [-0.05, 0) is 19.3 Å². The molecule has 0 aromatic rings. The first-order valence-electron chi connectivity index (χ1n) is 3.42. The monoisotopic (exact) mass is 133 g/mol. The van der Waals surface area contributed by atoms with Gasteiger partial charge in [0, 0.05) is 0 Å². The molecule has 1 aliphatic carbocycles. The van der Waals surface area contributed by atoms with Crippen LogP contribution in [0, 0.1) is 6.42 Å². The number of halogens is 2. The van der Waals surface area contributed by atoms with E-state index in [9.17, 15) is 8.78 Å². The van der Waals surface area contributed by atoms with Crippen molar-refractivity contribution < 1.29 is 8.78 Å². The Morgan fingerprint density at radius 3 is 2.78 bits per heavy atom. The van der Waals surface area contributed by atoms with E-state index < -0.39 is 12.3 Å². The number of rotatable bonds is 0. The van der Waals surface area contributed by atoms with Crippen LogP contribution in [0.3, 0.4) is 0 Å². The van der Waals surface area contributed by atoms with Gasteiger partial charge in [-0.25, -0.2) is 8.78 Å². The van der Waals surface area contributed by atoms with Crippen LogP contribution in [0.25, 0.3) is 0 Å². The Balaban J connectivity index is 2.32. The fourth-order valence-corrected chi connectivity index (χ4v) is 1.07. The molecule has 0 heterocycles. The zero-order valence-electron chi connectivity index (χ0n) is 5.32. The third kappa shape index (κ3) is 1.92. The Morgan fingerprint density at radius 1 is 1.22 bits per heavy atom. The molecule has 2 unspecified atom stereocenters. The van der Waals surface area contributed by atoms with Crippen molar-refractivity contribution in [3.8, 4) is 0 Å². The molecule has 1 rings (SSSR count). The zero-order chi connectivity index (χ0) is 6.69. The summed E-state index contributed by atoms with van der Waals surface area (Å²) in [6.45, 7) is 0. The highest BCUT2D eigenvalue weighted by Gasteiger charge is 2.21. The van der Waals surface area contributed by atoms with Gasteiger partial charge in [0.15, 0.2) is 0 Å². The molecule has 0 bridgehead atoms. The van der Waals surface area contributed by atoms with Gasteiger partial charge in [0.1, 0.15) is 12.3 Å². The summed E-state index contributed by atoms with van der Waals surface area (Å²) < 4.78 is 24.8. The maximum atomic E-state index is 12.4. The minimum atomic E-state index is -1.30. The minimum Gasteiger partial charge on any atom is -0.244 e. The van der Waals surface area contributed by atoms with Gasteiger partial charge in [-0.3, -0.25) is 0 Å². The summed E-state index contributed by atoms with van der Waals surface area (Å²) in [6.07, 6.45) is 1.83. The predicted octanol–water partition coefficient (Wildman–Crippen LogP) is 2.44. The molecule has 1 saturated carbocycles. The molecule has 1 aliphatic rings. The molecule has 0 nitrogen and oxygen atoms in total. The van der Waals surface area contributed by atoms with E-state index >= 15 is 0 Å². The first-order valence-corrected chi connectivity index (χ1v) is 3.42. The molecule has 0 N–H and O–H groups in total. The second kappa shape index (κ2) is 3.14. The maximum Gasteiger partial charge on any atom is 0.134 e. The molecule has 1 fully saturated rings. The Hall–Kier alpha value is -0.140. The van der Waals surface area contributed by atoms with Crippen LogP contribution < -0.4 is 0 Å². The quantitative estimate of drug-likeness (QED) is 0.445. The average molecular weight is 133 g/mol. The van der Waals surface area contributed by atoms with Crippen molar-refractivity contribution in [2.75, 3.05) is 0 Å². The van der Waals surface area contributed by atoms with E-state index in [0.29, 0.717) is 6.42 Å². The second-order valence-electron chi connectivity index (χ2n) is 2.48. The molecule has 2 atom stereocenters. The zero-order valence-corrected chi connectivity index (χ0v) is 5.32. The topological polar surface area (TPSA) is 0 Å². The molecule has 53 valence electrons. The van der Waals surface area contributed by atoms with Gasteiger partial charge in [-0.1, -0.05) is 12.8 Å². The summed E-state index contributed by atoms with van der Waals surface area (Å²) in [5.41, 5.74) is 0. The van der Waals surface area contributed by atoms with Crippen LogP contribution >= 0.6 is 0 Å². The van der Waals surface area contributed by atoms with Crippen molar-refractivity contribution in [3.05, 3.63) is 6.42 Å². The Labute approximate surface area is 54.3 Å². The Bertz CT molecular complexity index is 73.0. The van der Waals surface area contributed by atoms with E-state index in [1.807, 2.05) is 0 Å². The van der Waals surface area contributed by atoms with Gasteiger partial charge in [0.25, 0.3) is 0 Å². The van der Waals surface area contributed by atoms with E-state index in [4.69, 9.17) is 0 Å². The molecule has 0 aromatic carbocycles. The second-order valence-corrected chi connectivity index (χ2v) is 2.48. The summed E-state index contributed by atoms with van der Waals surface area (Å²) in [4.78, 5) is 0. The molecular weight excluding hydrogens is 122 g/mol. The molecule has 0 amide bonds. The van der Waals surface area contributed by atoms with E-state index in [1.165, 1.54) is 6.42 Å². The molecule has 0 aromatic heterocycles. The van der Waals surface area contributed by atoms with Gasteiger partial charge >= 0.3 is 0 Å². The number of hydrogen-bond donors (Lipinski definition) is 0. The third-order valence-electron chi connectivity index (χ3n) is 1.67. The van der Waals surface area contributed by atoms with E-state index in [0.717, 1.165) is 19.3 Å². The lowest BCUT2D eigenvalue weighted by Crippen LogP contribution is -2.14. The summed E-state index contributed by atoms with van der Waals surface area (Å²) in [7, 11) is 0. The molecule has 0 aliphatic heterocycles. The predicted molar refractivity (Wildman–Crippen MR) is 32.6 cm³/mol. The van der Waals surface area contributed by atoms with Crippen LogP contribution in [0.4, 0.5) is 8.78 Å². The maximum absolute atomic E-state index is 12.4. The molecule has 1 radical (unpaired) electrons. The van der Waals surface area contributed by atoms with Crippen LogP contribution in [0.15, 0.2) is 0 Å². The molecule has 2 heteroatoms. The number of alkyl halides is 2. The van der Waals surface area contributed by atoms with Gasteiger partial charge in [-0.2, -0.15) is 0 Å². The van der Waals surface area contributed by atoms with Crippen molar-refractivity contribution in [2.45, 2.75) is 38.0 Å². The van der Waals surface area contributed by atoms with Gasteiger partial charge in [0.05, 0.1) is 0 Å². The standard InChI is InChI=1S/C7H11F2/c8-6-4-2-1-3-5-7(6)9/h4,6-7H,1-3,5H2. The van der Waals surface area contributed by atoms with Crippen LogP contribution in [0.1, 0.15) is 25.7 Å². The summed E-state index contributed by atoms with van der Waals surface area (Å²) in [6, 6.07) is 0. The van der Waals surface area contributed by atoms with E-state index in [-0.39, 0.29) is 0 Å². The minimum absolute atomic E-state index is 0.400. The van der Waals surface area contributed by atoms with E-state index in [2.05, 4.69) is 0 Å². The van der Waals surface area contributed by atoms with Crippen LogP contribution in [0.2, 0.25) is 0 Å². The lowest BCUT2D eigenvalue weighted by molar-refractivity contribution is 0.187. The highest BCUT2D eigenvalue weighted by atomic mass is 19.2. The normalized spacial score (nSPS) is 38.0. The molecular formula is C7H11F2. The molecule has 0 spiro atoms. The average Bonchev–Trinajstić information content (AvgIpc) is 1.99. The van der Waals surface area contributed by atoms with Gasteiger partial charge in [0.2, 0.25) is 0 Å². The van der Waals surface area contributed by atoms with Gasteiger partial charge in [-0.15, -0.1) is 0 Å². The first-order chi connectivity index (χ1) is 4.30. The fraction of sp³-hybridized carbons (Fsp3) is 0.857. The van der Waals surface area contributed by atoms with Crippen molar-refractivity contribution in [1.82, 2.24) is 0 Å². The summed E-state index contributed by atoms with van der Waals surface area (Å²) in [5, 5.41) is 0. The van der Waals surface area contributed by atoms with Crippen molar-refractivity contribution in [1.29, 1.82) is 0 Å². The lowest BCUT2D eigenvalue weighted by atomic mass is 10.1. The van der Waals surface area contributed by atoms with Crippen molar-refractivity contribution in [2.24, 2.45) is 0 Å². The number of hydrogen-bond acceptors (Lipinski definition) is 0. The third-order valence-corrected chi connectivity index (χ3v) is 1.67. The molecule has 0 saturated heterocycles. The van der Waals surface area contributed by atoms with Crippen LogP contribution in [-0.4, -0.2) is 12.3 Å². The SMILES string of the molecule is FC1[CH]CCCCC1F.